The van der Waals surface area contributed by atoms with Crippen LogP contribution < -0.4 is 10.6 Å². The Hall–Kier alpha value is -1.81. The van der Waals surface area contributed by atoms with Gasteiger partial charge in [-0.1, -0.05) is 6.07 Å². The highest BCUT2D eigenvalue weighted by atomic mass is 16.5. The molecule has 1 saturated heterocycles. The van der Waals surface area contributed by atoms with Crippen LogP contribution in [0.15, 0.2) is 30.6 Å². The standard InChI is InChI=1S/C15H19N3O/c1-15(2)10-18(7-8-19-15)13-4-3-11-9-17-6-5-12(11)14(13)16/h3-6,9H,7-8,10,16H2,1-2H3. The first kappa shape index (κ1) is 12.2. The third kappa shape index (κ3) is 2.24. The van der Waals surface area contributed by atoms with E-state index >= 15 is 0 Å². The van der Waals surface area contributed by atoms with Crippen LogP contribution in [0.25, 0.3) is 10.8 Å². The topological polar surface area (TPSA) is 51.4 Å². The first-order chi connectivity index (χ1) is 9.07. The number of rotatable bonds is 1. The molecule has 100 valence electrons. The average Bonchev–Trinajstić information content (AvgIpc) is 2.38. The molecule has 0 spiro atoms. The highest BCUT2D eigenvalue weighted by molar-refractivity contribution is 5.98. The fourth-order valence-corrected chi connectivity index (χ4v) is 2.68. The van der Waals surface area contributed by atoms with Crippen molar-refractivity contribution in [2.75, 3.05) is 30.3 Å². The Balaban J connectivity index is 2.03. The van der Waals surface area contributed by atoms with Crippen molar-refractivity contribution in [3.05, 3.63) is 30.6 Å². The van der Waals surface area contributed by atoms with Gasteiger partial charge in [-0.2, -0.15) is 0 Å². The number of hydrogen-bond donors (Lipinski definition) is 1. The van der Waals surface area contributed by atoms with Gasteiger partial charge in [0.25, 0.3) is 0 Å². The Labute approximate surface area is 113 Å². The van der Waals surface area contributed by atoms with Crippen LogP contribution in [0.1, 0.15) is 13.8 Å². The molecule has 0 amide bonds. The van der Waals surface area contributed by atoms with E-state index in [1.165, 1.54) is 0 Å². The number of fused-ring (bicyclic) bond motifs is 1. The zero-order valence-electron chi connectivity index (χ0n) is 11.4. The summed E-state index contributed by atoms with van der Waals surface area (Å²) in [5.41, 5.74) is 8.12. The van der Waals surface area contributed by atoms with Gasteiger partial charge in [0.2, 0.25) is 0 Å². The fraction of sp³-hybridized carbons (Fsp3) is 0.400. The molecule has 1 aromatic heterocycles. The van der Waals surface area contributed by atoms with Crippen LogP contribution in [0.3, 0.4) is 0 Å². The average molecular weight is 257 g/mol. The minimum absolute atomic E-state index is 0.127. The zero-order valence-corrected chi connectivity index (χ0v) is 11.4. The number of anilines is 2. The molecule has 0 bridgehead atoms. The second-order valence-electron chi connectivity index (χ2n) is 5.62. The van der Waals surface area contributed by atoms with E-state index in [2.05, 4.69) is 35.9 Å². The maximum Gasteiger partial charge on any atom is 0.0801 e. The summed E-state index contributed by atoms with van der Waals surface area (Å²) in [4.78, 5) is 6.43. The number of nitrogen functional groups attached to an aromatic ring is 1. The summed E-state index contributed by atoms with van der Waals surface area (Å²) >= 11 is 0. The lowest BCUT2D eigenvalue weighted by molar-refractivity contribution is -0.0276. The number of ether oxygens (including phenoxy) is 1. The summed E-state index contributed by atoms with van der Waals surface area (Å²) in [5, 5.41) is 2.15. The number of nitrogens with two attached hydrogens (primary N) is 1. The van der Waals surface area contributed by atoms with Crippen LogP contribution in [0.2, 0.25) is 0 Å². The molecule has 1 aliphatic heterocycles. The van der Waals surface area contributed by atoms with Crippen LogP contribution >= 0.6 is 0 Å². The Bertz CT molecular complexity index is 609. The Morgan fingerprint density at radius 3 is 2.95 bits per heavy atom. The van der Waals surface area contributed by atoms with Crippen molar-refractivity contribution in [1.82, 2.24) is 4.98 Å². The molecule has 4 heteroatoms. The first-order valence-corrected chi connectivity index (χ1v) is 6.58. The summed E-state index contributed by atoms with van der Waals surface area (Å²) in [7, 11) is 0. The van der Waals surface area contributed by atoms with E-state index in [1.807, 2.05) is 12.3 Å². The van der Waals surface area contributed by atoms with Crippen molar-refractivity contribution < 1.29 is 4.74 Å². The van der Waals surface area contributed by atoms with Gasteiger partial charge in [0.1, 0.15) is 0 Å². The van der Waals surface area contributed by atoms with Crippen molar-refractivity contribution in [3.8, 4) is 0 Å². The molecule has 0 saturated carbocycles. The minimum Gasteiger partial charge on any atom is -0.397 e. The molecule has 2 N–H and O–H groups in total. The van der Waals surface area contributed by atoms with Crippen LogP contribution in [0, 0.1) is 0 Å². The van der Waals surface area contributed by atoms with Crippen LogP contribution in [-0.2, 0) is 4.74 Å². The van der Waals surface area contributed by atoms with Crippen molar-refractivity contribution >= 4 is 22.1 Å². The Morgan fingerprint density at radius 1 is 1.32 bits per heavy atom. The van der Waals surface area contributed by atoms with E-state index in [0.717, 1.165) is 41.8 Å². The van der Waals surface area contributed by atoms with E-state index < -0.39 is 0 Å². The van der Waals surface area contributed by atoms with Crippen molar-refractivity contribution in [2.45, 2.75) is 19.4 Å². The highest BCUT2D eigenvalue weighted by Crippen LogP contribution is 2.33. The predicted molar refractivity (Wildman–Crippen MR) is 78.4 cm³/mol. The lowest BCUT2D eigenvalue weighted by atomic mass is 10.0. The first-order valence-electron chi connectivity index (χ1n) is 6.58. The smallest absolute Gasteiger partial charge is 0.0801 e. The molecule has 0 atom stereocenters. The monoisotopic (exact) mass is 257 g/mol. The number of morpholine rings is 1. The van der Waals surface area contributed by atoms with E-state index in [1.54, 1.807) is 6.20 Å². The van der Waals surface area contributed by atoms with Crippen molar-refractivity contribution in [3.63, 3.8) is 0 Å². The lowest BCUT2D eigenvalue weighted by Gasteiger charge is -2.40. The van der Waals surface area contributed by atoms with E-state index in [0.29, 0.717) is 0 Å². The van der Waals surface area contributed by atoms with Gasteiger partial charge in [0.15, 0.2) is 0 Å². The number of nitrogens with zero attached hydrogens (tertiary/aromatic N) is 2. The number of aromatic nitrogens is 1. The molecular weight excluding hydrogens is 238 g/mol. The zero-order chi connectivity index (χ0) is 13.5. The second kappa shape index (κ2) is 4.38. The Morgan fingerprint density at radius 2 is 2.16 bits per heavy atom. The van der Waals surface area contributed by atoms with Gasteiger partial charge < -0.3 is 15.4 Å². The maximum atomic E-state index is 6.33. The number of hydrogen-bond acceptors (Lipinski definition) is 4. The quantitative estimate of drug-likeness (QED) is 0.797. The van der Waals surface area contributed by atoms with Crippen LogP contribution in [0.4, 0.5) is 11.4 Å². The predicted octanol–water partition coefficient (Wildman–Crippen LogP) is 2.43. The second-order valence-corrected chi connectivity index (χ2v) is 5.62. The molecule has 2 aromatic rings. The normalized spacial score (nSPS) is 18.7. The molecule has 1 fully saturated rings. The molecule has 1 aliphatic rings. The minimum atomic E-state index is -0.127. The third-order valence-electron chi connectivity index (χ3n) is 3.61. The van der Waals surface area contributed by atoms with Gasteiger partial charge in [-0.25, -0.2) is 0 Å². The highest BCUT2D eigenvalue weighted by Gasteiger charge is 2.28. The molecule has 2 heterocycles. The summed E-state index contributed by atoms with van der Waals surface area (Å²) in [6, 6.07) is 6.14. The molecule has 3 rings (SSSR count). The molecule has 0 unspecified atom stereocenters. The maximum absolute atomic E-state index is 6.33. The molecule has 0 radical (unpaired) electrons. The van der Waals surface area contributed by atoms with Gasteiger partial charge in [0.05, 0.1) is 23.6 Å². The summed E-state index contributed by atoms with van der Waals surface area (Å²) in [5.74, 6) is 0. The van der Waals surface area contributed by atoms with Gasteiger partial charge in [-0.15, -0.1) is 0 Å². The third-order valence-corrected chi connectivity index (χ3v) is 3.61. The van der Waals surface area contributed by atoms with Crippen molar-refractivity contribution in [2.24, 2.45) is 0 Å². The van der Waals surface area contributed by atoms with Gasteiger partial charge in [-0.05, 0) is 26.0 Å². The number of pyridine rings is 1. The van der Waals surface area contributed by atoms with E-state index in [9.17, 15) is 0 Å². The number of benzene rings is 1. The summed E-state index contributed by atoms with van der Waals surface area (Å²) in [6.45, 7) is 6.69. The fourth-order valence-electron chi connectivity index (χ4n) is 2.68. The molecule has 0 aliphatic carbocycles. The largest absolute Gasteiger partial charge is 0.397 e. The SMILES string of the molecule is CC1(C)CN(c2ccc3cnccc3c2N)CCO1. The lowest BCUT2D eigenvalue weighted by Crippen LogP contribution is -2.48. The molecule has 4 nitrogen and oxygen atoms in total. The van der Waals surface area contributed by atoms with Crippen LogP contribution in [0.5, 0.6) is 0 Å². The Kier molecular flexibility index (Phi) is 2.82. The van der Waals surface area contributed by atoms with Crippen LogP contribution in [-0.4, -0.2) is 30.3 Å². The van der Waals surface area contributed by atoms with Gasteiger partial charge in [0, 0.05) is 36.3 Å². The van der Waals surface area contributed by atoms with Gasteiger partial charge >= 0.3 is 0 Å². The molecular formula is C15H19N3O. The van der Waals surface area contributed by atoms with E-state index in [4.69, 9.17) is 10.5 Å². The van der Waals surface area contributed by atoms with Gasteiger partial charge in [-0.3, -0.25) is 4.98 Å². The van der Waals surface area contributed by atoms with E-state index in [-0.39, 0.29) is 5.60 Å². The molecule has 1 aromatic carbocycles. The molecule has 19 heavy (non-hydrogen) atoms. The summed E-state index contributed by atoms with van der Waals surface area (Å²) in [6.07, 6.45) is 3.63. The van der Waals surface area contributed by atoms with Crippen molar-refractivity contribution in [1.29, 1.82) is 0 Å². The summed E-state index contributed by atoms with van der Waals surface area (Å²) < 4.78 is 5.75.